The Morgan fingerprint density at radius 3 is 2.32 bits per heavy atom. The van der Waals surface area contributed by atoms with E-state index in [0.717, 1.165) is 40.8 Å². The monoisotopic (exact) mass is 482 g/mol. The van der Waals surface area contributed by atoms with Crippen LogP contribution in [0.15, 0.2) is 65.8 Å². The summed E-state index contributed by atoms with van der Waals surface area (Å²) in [5.41, 5.74) is 2.17. The maximum atomic E-state index is 13.0. The molecule has 7 nitrogen and oxygen atoms in total. The minimum atomic E-state index is -3.76. The zero-order valence-electron chi connectivity index (χ0n) is 19.7. The lowest BCUT2D eigenvalue weighted by Crippen LogP contribution is -2.39. The Balaban J connectivity index is 1.52. The first-order chi connectivity index (χ1) is 16.3. The molecule has 0 unspecified atom stereocenters. The van der Waals surface area contributed by atoms with E-state index in [-0.39, 0.29) is 16.2 Å². The van der Waals surface area contributed by atoms with Crippen molar-refractivity contribution in [3.05, 3.63) is 77.6 Å². The third-order valence-electron chi connectivity index (χ3n) is 6.67. The van der Waals surface area contributed by atoms with Crippen molar-refractivity contribution in [3.63, 3.8) is 0 Å². The third-order valence-corrected chi connectivity index (χ3v) is 8.32. The third kappa shape index (κ3) is 4.55. The highest BCUT2D eigenvalue weighted by Crippen LogP contribution is 2.43. The summed E-state index contributed by atoms with van der Waals surface area (Å²) in [5, 5.41) is 3.04. The van der Waals surface area contributed by atoms with Crippen molar-refractivity contribution in [2.24, 2.45) is 0 Å². The number of aromatic nitrogens is 1. The average Bonchev–Trinajstić information content (AvgIpc) is 3.54. The van der Waals surface area contributed by atoms with Crippen LogP contribution < -0.4 is 14.8 Å². The summed E-state index contributed by atoms with van der Waals surface area (Å²) in [6, 6.07) is 14.1. The van der Waals surface area contributed by atoms with Crippen LogP contribution in [0.25, 0.3) is 0 Å². The lowest BCUT2D eigenvalue weighted by atomic mass is 9.78. The summed E-state index contributed by atoms with van der Waals surface area (Å²) < 4.78 is 37.7. The Morgan fingerprint density at radius 1 is 1.00 bits per heavy atom. The topological polar surface area (TPSA) is 86.6 Å². The van der Waals surface area contributed by atoms with Gasteiger partial charge in [-0.25, -0.2) is 12.4 Å². The van der Waals surface area contributed by atoms with Crippen molar-refractivity contribution in [1.82, 2.24) is 9.29 Å². The maximum Gasteiger partial charge on any atom is 0.267 e. The van der Waals surface area contributed by atoms with Crippen LogP contribution in [0.3, 0.4) is 0 Å². The van der Waals surface area contributed by atoms with Gasteiger partial charge in [-0.3, -0.25) is 4.79 Å². The summed E-state index contributed by atoms with van der Waals surface area (Å²) >= 11 is 0. The number of carbonyl (C=O) groups is 1. The molecule has 1 fully saturated rings. The van der Waals surface area contributed by atoms with Crippen molar-refractivity contribution in [1.29, 1.82) is 0 Å². The zero-order valence-corrected chi connectivity index (χ0v) is 20.5. The molecule has 0 atom stereocenters. The van der Waals surface area contributed by atoms with Gasteiger partial charge in [0.25, 0.3) is 15.9 Å². The molecule has 1 saturated carbocycles. The molecule has 0 saturated heterocycles. The molecule has 4 rings (SSSR count). The Labute approximate surface area is 200 Å². The van der Waals surface area contributed by atoms with Gasteiger partial charge in [0.1, 0.15) is 0 Å². The fraction of sp³-hybridized carbons (Fsp3) is 0.346. The minimum Gasteiger partial charge on any atom is -0.493 e. The van der Waals surface area contributed by atoms with Gasteiger partial charge in [-0.05, 0) is 55.7 Å². The van der Waals surface area contributed by atoms with E-state index in [1.807, 2.05) is 25.1 Å². The number of nitrogens with one attached hydrogen (secondary N) is 1. The highest BCUT2D eigenvalue weighted by atomic mass is 32.2. The molecule has 1 aromatic heterocycles. The van der Waals surface area contributed by atoms with Gasteiger partial charge in [0.05, 0.1) is 24.7 Å². The van der Waals surface area contributed by atoms with E-state index in [1.165, 1.54) is 18.5 Å². The predicted octanol–water partition coefficient (Wildman–Crippen LogP) is 4.29. The van der Waals surface area contributed by atoms with E-state index in [0.29, 0.717) is 23.6 Å². The van der Waals surface area contributed by atoms with Crippen molar-refractivity contribution < 1.29 is 22.7 Å². The number of aryl methyl sites for hydroxylation is 1. The van der Waals surface area contributed by atoms with Gasteiger partial charge >= 0.3 is 0 Å². The first kappa shape index (κ1) is 23.9. The molecule has 34 heavy (non-hydrogen) atoms. The van der Waals surface area contributed by atoms with Crippen LogP contribution in [0, 0.1) is 6.92 Å². The second kappa shape index (κ2) is 9.54. The van der Waals surface area contributed by atoms with Crippen LogP contribution in [0.5, 0.6) is 11.5 Å². The second-order valence-electron chi connectivity index (χ2n) is 8.79. The lowest BCUT2D eigenvalue weighted by molar-refractivity contribution is 0.0943. The Hall–Kier alpha value is -3.26. The largest absolute Gasteiger partial charge is 0.493 e. The molecule has 0 radical (unpaired) electrons. The fourth-order valence-electron chi connectivity index (χ4n) is 4.63. The van der Waals surface area contributed by atoms with Gasteiger partial charge in [0.15, 0.2) is 11.5 Å². The number of benzene rings is 2. The van der Waals surface area contributed by atoms with Crippen LogP contribution >= 0.6 is 0 Å². The van der Waals surface area contributed by atoms with Crippen LogP contribution in [0.2, 0.25) is 0 Å². The number of hydrogen-bond acceptors (Lipinski definition) is 5. The average molecular weight is 483 g/mol. The molecule has 1 amide bonds. The standard InChI is InChI=1S/C26H30N2O5S/c1-19-6-9-22(10-7-19)34(30,31)28-15-12-20(17-28)25(29)27-18-26(13-4-5-14-26)21-8-11-23(32-2)24(16-21)33-3/h6-12,15-17H,4-5,13-14,18H2,1-3H3,(H,27,29). The van der Waals surface area contributed by atoms with E-state index < -0.39 is 10.0 Å². The number of ether oxygens (including phenoxy) is 2. The maximum absolute atomic E-state index is 13.0. The van der Waals surface area contributed by atoms with Crippen molar-refractivity contribution in [3.8, 4) is 11.5 Å². The predicted molar refractivity (Wildman–Crippen MR) is 130 cm³/mol. The fourth-order valence-corrected chi connectivity index (χ4v) is 5.83. The summed E-state index contributed by atoms with van der Waals surface area (Å²) in [7, 11) is -0.541. The number of rotatable bonds is 8. The minimum absolute atomic E-state index is 0.180. The molecule has 3 aromatic rings. The van der Waals surface area contributed by atoms with Gasteiger partial charge in [0, 0.05) is 24.4 Å². The molecule has 2 aromatic carbocycles. The Morgan fingerprint density at radius 2 is 1.68 bits per heavy atom. The van der Waals surface area contributed by atoms with Gasteiger partial charge in [-0.1, -0.05) is 36.6 Å². The molecule has 180 valence electrons. The molecule has 0 spiro atoms. The summed E-state index contributed by atoms with van der Waals surface area (Å²) in [6.07, 6.45) is 6.83. The molecule has 1 heterocycles. The molecule has 0 aliphatic heterocycles. The van der Waals surface area contributed by atoms with E-state index in [1.54, 1.807) is 38.5 Å². The van der Waals surface area contributed by atoms with Gasteiger partial charge < -0.3 is 14.8 Å². The first-order valence-corrected chi connectivity index (χ1v) is 12.7. The lowest BCUT2D eigenvalue weighted by Gasteiger charge is -2.30. The number of amides is 1. The summed E-state index contributed by atoms with van der Waals surface area (Å²) in [5.74, 6) is 1.03. The molecule has 1 aliphatic carbocycles. The van der Waals surface area contributed by atoms with Crippen LogP contribution in [-0.4, -0.2) is 39.1 Å². The number of hydrogen-bond donors (Lipinski definition) is 1. The van der Waals surface area contributed by atoms with Crippen LogP contribution in [-0.2, 0) is 15.4 Å². The van der Waals surface area contributed by atoms with Gasteiger partial charge in [0.2, 0.25) is 0 Å². The highest BCUT2D eigenvalue weighted by molar-refractivity contribution is 7.90. The molecular weight excluding hydrogens is 452 g/mol. The molecule has 1 N–H and O–H groups in total. The van der Waals surface area contributed by atoms with Gasteiger partial charge in [-0.2, -0.15) is 0 Å². The Bertz CT molecular complexity index is 1270. The molecular formula is C26H30N2O5S. The SMILES string of the molecule is COc1ccc(C2(CNC(=O)c3ccn(S(=O)(=O)c4ccc(C)cc4)c3)CCCC2)cc1OC. The van der Waals surface area contributed by atoms with Gasteiger partial charge in [-0.15, -0.1) is 0 Å². The molecule has 0 bridgehead atoms. The normalized spacial score (nSPS) is 15.1. The number of methoxy groups -OCH3 is 2. The van der Waals surface area contributed by atoms with E-state index in [9.17, 15) is 13.2 Å². The second-order valence-corrected chi connectivity index (χ2v) is 10.6. The molecule has 8 heteroatoms. The van der Waals surface area contributed by atoms with Crippen molar-refractivity contribution in [2.45, 2.75) is 42.9 Å². The zero-order chi connectivity index (χ0) is 24.3. The Kier molecular flexibility index (Phi) is 6.70. The van der Waals surface area contributed by atoms with Crippen molar-refractivity contribution in [2.75, 3.05) is 20.8 Å². The smallest absolute Gasteiger partial charge is 0.267 e. The van der Waals surface area contributed by atoms with E-state index >= 15 is 0 Å². The van der Waals surface area contributed by atoms with Crippen molar-refractivity contribution >= 4 is 15.9 Å². The summed E-state index contributed by atoms with van der Waals surface area (Å²) in [6.45, 7) is 2.35. The van der Waals surface area contributed by atoms with E-state index in [2.05, 4.69) is 5.32 Å². The molecule has 1 aliphatic rings. The number of nitrogens with zero attached hydrogens (tertiary/aromatic N) is 1. The summed E-state index contributed by atoms with van der Waals surface area (Å²) in [4.78, 5) is 13.1. The quantitative estimate of drug-likeness (QED) is 0.518. The van der Waals surface area contributed by atoms with Crippen LogP contribution in [0.4, 0.5) is 0 Å². The highest BCUT2D eigenvalue weighted by Gasteiger charge is 2.36. The number of carbonyl (C=O) groups excluding carboxylic acids is 1. The first-order valence-electron chi connectivity index (χ1n) is 11.3. The van der Waals surface area contributed by atoms with Crippen LogP contribution in [0.1, 0.15) is 47.2 Å². The van der Waals surface area contributed by atoms with E-state index in [4.69, 9.17) is 9.47 Å².